The van der Waals surface area contributed by atoms with Gasteiger partial charge in [-0.3, -0.25) is 4.99 Å². The van der Waals surface area contributed by atoms with E-state index < -0.39 is 0 Å². The summed E-state index contributed by atoms with van der Waals surface area (Å²) in [6, 6.07) is 6.84. The van der Waals surface area contributed by atoms with Gasteiger partial charge in [0, 0.05) is 5.71 Å². The maximum absolute atomic E-state index is 11.2. The molecule has 0 radical (unpaired) electrons. The number of benzene rings is 1. The minimum atomic E-state index is -0.345. The van der Waals surface area contributed by atoms with Crippen molar-refractivity contribution in [3.63, 3.8) is 0 Å². The third-order valence-electron chi connectivity index (χ3n) is 2.06. The first kappa shape index (κ1) is 13.2. The van der Waals surface area contributed by atoms with Crippen LogP contribution < -0.4 is 4.74 Å². The van der Waals surface area contributed by atoms with E-state index in [4.69, 9.17) is 4.74 Å². The molecule has 92 valence electrons. The highest BCUT2D eigenvalue weighted by atomic mass is 16.5. The lowest BCUT2D eigenvalue weighted by atomic mass is 10.2. The lowest BCUT2D eigenvalue weighted by Gasteiger charge is -2.05. The third kappa shape index (κ3) is 4.68. The largest absolute Gasteiger partial charge is 0.492 e. The molecule has 0 saturated carbocycles. The van der Waals surface area contributed by atoms with E-state index in [1.54, 1.807) is 24.3 Å². The van der Waals surface area contributed by atoms with Gasteiger partial charge in [-0.15, -0.1) is 0 Å². The lowest BCUT2D eigenvalue weighted by Crippen LogP contribution is -2.03. The van der Waals surface area contributed by atoms with Gasteiger partial charge in [0.25, 0.3) is 0 Å². The van der Waals surface area contributed by atoms with Gasteiger partial charge in [0.2, 0.25) is 0 Å². The molecule has 0 spiro atoms. The fraction of sp³-hybridized carbons (Fsp3) is 0.385. The van der Waals surface area contributed by atoms with Crippen molar-refractivity contribution in [3.8, 4) is 5.75 Å². The molecule has 17 heavy (non-hydrogen) atoms. The first-order valence-electron chi connectivity index (χ1n) is 5.42. The second-order valence-electron chi connectivity index (χ2n) is 3.69. The van der Waals surface area contributed by atoms with Crippen molar-refractivity contribution >= 4 is 11.7 Å². The zero-order chi connectivity index (χ0) is 12.7. The minimum Gasteiger partial charge on any atom is -0.492 e. The number of esters is 1. The maximum atomic E-state index is 11.2. The predicted octanol–water partition coefficient (Wildman–Crippen LogP) is 2.33. The molecular weight excluding hydrogens is 218 g/mol. The molecular formula is C13H17NO3. The molecule has 4 nitrogen and oxygen atoms in total. The van der Waals surface area contributed by atoms with Gasteiger partial charge in [-0.1, -0.05) is 0 Å². The van der Waals surface area contributed by atoms with Crippen LogP contribution in [0.4, 0.5) is 0 Å². The Balaban J connectivity index is 2.46. The van der Waals surface area contributed by atoms with Gasteiger partial charge < -0.3 is 9.47 Å². The van der Waals surface area contributed by atoms with Crippen LogP contribution in [0.25, 0.3) is 0 Å². The van der Waals surface area contributed by atoms with Crippen LogP contribution in [-0.2, 0) is 4.74 Å². The molecule has 0 aromatic heterocycles. The van der Waals surface area contributed by atoms with Crippen LogP contribution in [-0.4, -0.2) is 31.9 Å². The molecule has 0 aliphatic heterocycles. The highest BCUT2D eigenvalue weighted by molar-refractivity contribution is 5.89. The Morgan fingerprint density at radius 2 is 1.88 bits per heavy atom. The number of rotatable bonds is 5. The van der Waals surface area contributed by atoms with E-state index in [0.29, 0.717) is 18.7 Å². The molecule has 0 unspecified atom stereocenters. The number of ether oxygens (including phenoxy) is 2. The van der Waals surface area contributed by atoms with Crippen LogP contribution in [0.2, 0.25) is 0 Å². The van der Waals surface area contributed by atoms with Crippen LogP contribution in [0.3, 0.4) is 0 Å². The van der Waals surface area contributed by atoms with Gasteiger partial charge in [0.05, 0.1) is 19.2 Å². The molecule has 4 heteroatoms. The molecule has 0 aliphatic rings. The van der Waals surface area contributed by atoms with Gasteiger partial charge in [0.15, 0.2) is 0 Å². The summed E-state index contributed by atoms with van der Waals surface area (Å²) >= 11 is 0. The molecule has 1 rings (SSSR count). The fourth-order valence-corrected chi connectivity index (χ4v) is 1.24. The molecule has 0 N–H and O–H groups in total. The predicted molar refractivity (Wildman–Crippen MR) is 66.9 cm³/mol. The Morgan fingerprint density at radius 3 is 2.41 bits per heavy atom. The average molecular weight is 235 g/mol. The van der Waals surface area contributed by atoms with Crippen LogP contribution >= 0.6 is 0 Å². The summed E-state index contributed by atoms with van der Waals surface area (Å²) in [5, 5.41) is 0. The summed E-state index contributed by atoms with van der Waals surface area (Å²) in [5.41, 5.74) is 1.55. The first-order chi connectivity index (χ1) is 8.13. The number of nitrogens with zero attached hydrogens (tertiary/aromatic N) is 1. The summed E-state index contributed by atoms with van der Waals surface area (Å²) in [5.74, 6) is 0.379. The zero-order valence-corrected chi connectivity index (χ0v) is 10.4. The van der Waals surface area contributed by atoms with Crippen LogP contribution in [0.1, 0.15) is 24.2 Å². The van der Waals surface area contributed by atoms with Crippen molar-refractivity contribution in [2.75, 3.05) is 20.3 Å². The third-order valence-corrected chi connectivity index (χ3v) is 2.06. The number of carbonyl (C=O) groups is 1. The van der Waals surface area contributed by atoms with Gasteiger partial charge in [0.1, 0.15) is 12.4 Å². The summed E-state index contributed by atoms with van der Waals surface area (Å²) in [6.45, 7) is 5.07. The van der Waals surface area contributed by atoms with Gasteiger partial charge >= 0.3 is 5.97 Å². The quantitative estimate of drug-likeness (QED) is 0.447. The Hall–Kier alpha value is -1.84. The summed E-state index contributed by atoms with van der Waals surface area (Å²) < 4.78 is 10.1. The molecule has 0 aliphatic carbocycles. The van der Waals surface area contributed by atoms with Crippen molar-refractivity contribution in [2.24, 2.45) is 4.99 Å². The maximum Gasteiger partial charge on any atom is 0.337 e. The highest BCUT2D eigenvalue weighted by Gasteiger charge is 2.04. The Bertz CT molecular complexity index is 392. The van der Waals surface area contributed by atoms with E-state index >= 15 is 0 Å². The van der Waals surface area contributed by atoms with Crippen molar-refractivity contribution in [2.45, 2.75) is 13.8 Å². The molecule has 0 bridgehead atoms. The van der Waals surface area contributed by atoms with E-state index in [-0.39, 0.29) is 5.97 Å². The normalized spacial score (nSPS) is 9.59. The van der Waals surface area contributed by atoms with E-state index in [2.05, 4.69) is 9.73 Å². The number of carbonyl (C=O) groups excluding carboxylic acids is 1. The van der Waals surface area contributed by atoms with Gasteiger partial charge in [-0.05, 0) is 38.1 Å². The van der Waals surface area contributed by atoms with Gasteiger partial charge in [-0.2, -0.15) is 0 Å². The zero-order valence-electron chi connectivity index (χ0n) is 10.4. The molecule has 0 saturated heterocycles. The van der Waals surface area contributed by atoms with Crippen LogP contribution in [0.15, 0.2) is 29.3 Å². The monoisotopic (exact) mass is 235 g/mol. The van der Waals surface area contributed by atoms with Crippen LogP contribution in [0, 0.1) is 0 Å². The van der Waals surface area contributed by atoms with Crippen molar-refractivity contribution in [1.82, 2.24) is 0 Å². The molecule has 1 aromatic carbocycles. The standard InChI is InChI=1S/C13H17NO3/c1-10(2)14-8-9-17-12-6-4-11(5-7-12)13(15)16-3/h4-7H,8-9H2,1-3H3. The van der Waals surface area contributed by atoms with E-state index in [1.807, 2.05) is 13.8 Å². The van der Waals surface area contributed by atoms with Gasteiger partial charge in [-0.25, -0.2) is 4.79 Å². The average Bonchev–Trinajstić information content (AvgIpc) is 2.34. The van der Waals surface area contributed by atoms with Crippen molar-refractivity contribution < 1.29 is 14.3 Å². The van der Waals surface area contributed by atoms with E-state index in [0.717, 1.165) is 11.5 Å². The SMILES string of the molecule is COC(=O)c1ccc(OCCN=C(C)C)cc1. The number of hydrogen-bond acceptors (Lipinski definition) is 4. The van der Waals surface area contributed by atoms with Crippen molar-refractivity contribution in [3.05, 3.63) is 29.8 Å². The molecule has 0 heterocycles. The molecule has 0 amide bonds. The Morgan fingerprint density at radius 1 is 1.24 bits per heavy atom. The van der Waals surface area contributed by atoms with Crippen molar-refractivity contribution in [1.29, 1.82) is 0 Å². The topological polar surface area (TPSA) is 47.9 Å². The summed E-state index contributed by atoms with van der Waals surface area (Å²) in [7, 11) is 1.36. The highest BCUT2D eigenvalue weighted by Crippen LogP contribution is 2.12. The number of methoxy groups -OCH3 is 1. The second-order valence-corrected chi connectivity index (χ2v) is 3.69. The smallest absolute Gasteiger partial charge is 0.337 e. The van der Waals surface area contributed by atoms with Crippen LogP contribution in [0.5, 0.6) is 5.75 Å². The second kappa shape index (κ2) is 6.68. The summed E-state index contributed by atoms with van der Waals surface area (Å²) in [6.07, 6.45) is 0. The lowest BCUT2D eigenvalue weighted by molar-refractivity contribution is 0.0600. The summed E-state index contributed by atoms with van der Waals surface area (Å²) in [4.78, 5) is 15.4. The minimum absolute atomic E-state index is 0.345. The molecule has 0 fully saturated rings. The number of hydrogen-bond donors (Lipinski definition) is 0. The van der Waals surface area contributed by atoms with E-state index in [1.165, 1.54) is 7.11 Å². The first-order valence-corrected chi connectivity index (χ1v) is 5.42. The van der Waals surface area contributed by atoms with E-state index in [9.17, 15) is 4.79 Å². The Labute approximate surface area is 101 Å². The Kier molecular flexibility index (Phi) is 5.20. The number of aliphatic imine (C=N–C) groups is 1. The molecule has 1 aromatic rings. The molecule has 0 atom stereocenters. The fourth-order valence-electron chi connectivity index (χ4n) is 1.24.